The van der Waals surface area contributed by atoms with E-state index in [4.69, 9.17) is 13.9 Å². The van der Waals surface area contributed by atoms with E-state index in [-0.39, 0.29) is 12.3 Å². The van der Waals surface area contributed by atoms with Gasteiger partial charge in [-0.1, -0.05) is 18.2 Å². The lowest BCUT2D eigenvalue weighted by Crippen LogP contribution is -2.36. The van der Waals surface area contributed by atoms with Crippen LogP contribution < -0.4 is 10.2 Å². The van der Waals surface area contributed by atoms with Gasteiger partial charge in [0.25, 0.3) is 0 Å². The number of rotatable bonds is 6. The Labute approximate surface area is 186 Å². The van der Waals surface area contributed by atoms with E-state index in [1.807, 2.05) is 36.4 Å². The van der Waals surface area contributed by atoms with Gasteiger partial charge in [0.05, 0.1) is 43.7 Å². The number of oxazole rings is 1. The second kappa shape index (κ2) is 9.65. The lowest BCUT2D eigenvalue weighted by molar-refractivity contribution is -0.115. The SMILES string of the molecule is COC(=O)c1cc(N2CCOCC2)ccc1NC(=O)Cc1nc(-c2ccccc2)oc1C. The van der Waals surface area contributed by atoms with Gasteiger partial charge in [0.1, 0.15) is 5.76 Å². The van der Waals surface area contributed by atoms with Gasteiger partial charge in [0, 0.05) is 24.3 Å². The first-order valence-corrected chi connectivity index (χ1v) is 10.4. The molecule has 32 heavy (non-hydrogen) atoms. The van der Waals surface area contributed by atoms with Crippen LogP contribution in [0.25, 0.3) is 11.5 Å². The predicted molar refractivity (Wildman–Crippen MR) is 120 cm³/mol. The third-order valence-electron chi connectivity index (χ3n) is 5.30. The summed E-state index contributed by atoms with van der Waals surface area (Å²) in [6.45, 7) is 4.52. The van der Waals surface area contributed by atoms with Gasteiger partial charge in [-0.05, 0) is 37.3 Å². The second-order valence-corrected chi connectivity index (χ2v) is 7.43. The highest BCUT2D eigenvalue weighted by molar-refractivity contribution is 6.02. The zero-order valence-electron chi connectivity index (χ0n) is 18.1. The molecule has 4 rings (SSSR count). The summed E-state index contributed by atoms with van der Waals surface area (Å²) in [6, 6.07) is 14.8. The number of aryl methyl sites for hydroxylation is 1. The number of anilines is 2. The van der Waals surface area contributed by atoms with Crippen LogP contribution in [0.15, 0.2) is 52.9 Å². The number of morpholine rings is 1. The Morgan fingerprint density at radius 3 is 2.59 bits per heavy atom. The van der Waals surface area contributed by atoms with Crippen molar-refractivity contribution < 1.29 is 23.5 Å². The summed E-state index contributed by atoms with van der Waals surface area (Å²) in [4.78, 5) is 31.7. The third kappa shape index (κ3) is 4.81. The molecule has 2 aromatic carbocycles. The van der Waals surface area contributed by atoms with Gasteiger partial charge in [0.2, 0.25) is 11.8 Å². The number of nitrogens with zero attached hydrogens (tertiary/aromatic N) is 2. The number of amides is 1. The Kier molecular flexibility index (Phi) is 6.51. The maximum Gasteiger partial charge on any atom is 0.340 e. The number of ether oxygens (including phenoxy) is 2. The van der Waals surface area contributed by atoms with Crippen molar-refractivity contribution in [3.8, 4) is 11.5 Å². The molecule has 2 heterocycles. The van der Waals surface area contributed by atoms with Crippen LogP contribution in [0.4, 0.5) is 11.4 Å². The number of nitrogens with one attached hydrogen (secondary N) is 1. The first kappa shape index (κ1) is 21.6. The second-order valence-electron chi connectivity index (χ2n) is 7.43. The summed E-state index contributed by atoms with van der Waals surface area (Å²) in [5.41, 5.74) is 2.96. The molecule has 0 unspecified atom stereocenters. The predicted octanol–water partition coefficient (Wildman–Crippen LogP) is 3.45. The number of esters is 1. The van der Waals surface area contributed by atoms with E-state index < -0.39 is 5.97 Å². The highest BCUT2D eigenvalue weighted by Gasteiger charge is 2.20. The summed E-state index contributed by atoms with van der Waals surface area (Å²) in [5, 5.41) is 2.82. The molecule has 1 amide bonds. The van der Waals surface area contributed by atoms with E-state index in [0.29, 0.717) is 41.8 Å². The van der Waals surface area contributed by atoms with Crippen LogP contribution in [0.2, 0.25) is 0 Å². The Balaban J connectivity index is 1.51. The number of hydrogen-bond donors (Lipinski definition) is 1. The van der Waals surface area contributed by atoms with Gasteiger partial charge in [-0.2, -0.15) is 0 Å². The van der Waals surface area contributed by atoms with E-state index in [1.165, 1.54) is 7.11 Å². The number of aromatic nitrogens is 1. The summed E-state index contributed by atoms with van der Waals surface area (Å²) >= 11 is 0. The smallest absolute Gasteiger partial charge is 0.340 e. The minimum Gasteiger partial charge on any atom is -0.465 e. The zero-order chi connectivity index (χ0) is 22.5. The Bertz CT molecular complexity index is 1100. The fourth-order valence-corrected chi connectivity index (χ4v) is 3.58. The largest absolute Gasteiger partial charge is 0.465 e. The number of benzene rings is 2. The van der Waals surface area contributed by atoms with Crippen LogP contribution >= 0.6 is 0 Å². The summed E-state index contributed by atoms with van der Waals surface area (Å²) < 4.78 is 16.1. The molecule has 1 N–H and O–H groups in total. The minimum atomic E-state index is -0.514. The molecule has 3 aromatic rings. The average Bonchev–Trinajstić information content (AvgIpc) is 3.20. The topological polar surface area (TPSA) is 93.9 Å². The maximum atomic E-state index is 12.8. The van der Waals surface area contributed by atoms with Crippen molar-refractivity contribution in [2.45, 2.75) is 13.3 Å². The van der Waals surface area contributed by atoms with E-state index in [1.54, 1.807) is 19.1 Å². The van der Waals surface area contributed by atoms with Gasteiger partial charge in [-0.25, -0.2) is 9.78 Å². The van der Waals surface area contributed by atoms with Gasteiger partial charge in [-0.15, -0.1) is 0 Å². The van der Waals surface area contributed by atoms with Crippen LogP contribution in [0.5, 0.6) is 0 Å². The summed E-state index contributed by atoms with van der Waals surface area (Å²) in [5.74, 6) is 0.232. The highest BCUT2D eigenvalue weighted by atomic mass is 16.5. The van der Waals surface area contributed by atoms with Crippen molar-refractivity contribution in [3.63, 3.8) is 0 Å². The first-order valence-electron chi connectivity index (χ1n) is 10.4. The van der Waals surface area contributed by atoms with Crippen LogP contribution in [-0.2, 0) is 20.7 Å². The molecule has 1 aromatic heterocycles. The highest BCUT2D eigenvalue weighted by Crippen LogP contribution is 2.26. The molecule has 8 heteroatoms. The van der Waals surface area contributed by atoms with Crippen LogP contribution in [0.3, 0.4) is 0 Å². The monoisotopic (exact) mass is 435 g/mol. The maximum absolute atomic E-state index is 12.8. The first-order chi connectivity index (χ1) is 15.5. The number of hydrogen-bond acceptors (Lipinski definition) is 7. The van der Waals surface area contributed by atoms with Crippen molar-refractivity contribution in [2.75, 3.05) is 43.6 Å². The number of methoxy groups -OCH3 is 1. The standard InChI is InChI=1S/C24H25N3O5/c1-16-21(26-23(32-16)17-6-4-3-5-7-17)15-22(28)25-20-9-8-18(14-19(20)24(29)30-2)27-10-12-31-13-11-27/h3-9,14H,10-13,15H2,1-2H3,(H,25,28). The lowest BCUT2D eigenvalue weighted by Gasteiger charge is -2.29. The average molecular weight is 435 g/mol. The molecule has 1 aliphatic rings. The van der Waals surface area contributed by atoms with E-state index in [9.17, 15) is 9.59 Å². The van der Waals surface area contributed by atoms with Crippen LogP contribution in [-0.4, -0.2) is 50.3 Å². The van der Waals surface area contributed by atoms with Crippen molar-refractivity contribution in [1.82, 2.24) is 4.98 Å². The number of carbonyl (C=O) groups is 2. The molecule has 1 fully saturated rings. The van der Waals surface area contributed by atoms with Crippen molar-refractivity contribution >= 4 is 23.3 Å². The summed E-state index contributed by atoms with van der Waals surface area (Å²) in [6.07, 6.45) is 0.0218. The van der Waals surface area contributed by atoms with Gasteiger partial charge >= 0.3 is 5.97 Å². The Morgan fingerprint density at radius 2 is 1.88 bits per heavy atom. The molecule has 8 nitrogen and oxygen atoms in total. The van der Waals surface area contributed by atoms with E-state index in [0.717, 1.165) is 24.3 Å². The Morgan fingerprint density at radius 1 is 1.12 bits per heavy atom. The lowest BCUT2D eigenvalue weighted by atomic mass is 10.1. The van der Waals surface area contributed by atoms with Crippen LogP contribution in [0, 0.1) is 6.92 Å². The third-order valence-corrected chi connectivity index (χ3v) is 5.30. The van der Waals surface area contributed by atoms with E-state index in [2.05, 4.69) is 15.2 Å². The number of carbonyl (C=O) groups excluding carboxylic acids is 2. The van der Waals surface area contributed by atoms with Crippen molar-refractivity contribution in [1.29, 1.82) is 0 Å². The van der Waals surface area contributed by atoms with Crippen LogP contribution in [0.1, 0.15) is 21.8 Å². The molecule has 0 bridgehead atoms. The normalized spacial score (nSPS) is 13.6. The molecule has 1 aliphatic heterocycles. The van der Waals surface area contributed by atoms with Gasteiger partial charge in [0.15, 0.2) is 0 Å². The van der Waals surface area contributed by atoms with Gasteiger partial charge in [-0.3, -0.25) is 4.79 Å². The summed E-state index contributed by atoms with van der Waals surface area (Å²) in [7, 11) is 1.32. The quantitative estimate of drug-likeness (QED) is 0.593. The minimum absolute atomic E-state index is 0.0218. The molecular weight excluding hydrogens is 410 g/mol. The fourth-order valence-electron chi connectivity index (χ4n) is 3.58. The molecule has 0 aliphatic carbocycles. The van der Waals surface area contributed by atoms with Gasteiger partial charge < -0.3 is 24.1 Å². The molecule has 0 saturated carbocycles. The van der Waals surface area contributed by atoms with E-state index >= 15 is 0 Å². The van der Waals surface area contributed by atoms with Crippen molar-refractivity contribution in [2.24, 2.45) is 0 Å². The zero-order valence-corrected chi connectivity index (χ0v) is 18.1. The molecule has 166 valence electrons. The molecule has 0 radical (unpaired) electrons. The molecule has 1 saturated heterocycles. The fraction of sp³-hybridized carbons (Fsp3) is 0.292. The molecular formula is C24H25N3O5. The Hall–Kier alpha value is -3.65. The molecule has 0 atom stereocenters. The molecule has 0 spiro atoms. The van der Waals surface area contributed by atoms with Crippen molar-refractivity contribution in [3.05, 3.63) is 65.5 Å².